The number of hydrogen-bond donors (Lipinski definition) is 1. The molecule has 1 heterocycles. The van der Waals surface area contributed by atoms with E-state index in [1.165, 1.54) is 12.0 Å². The maximum absolute atomic E-state index is 12.8. The van der Waals surface area contributed by atoms with Crippen LogP contribution < -0.4 is 0 Å². The van der Waals surface area contributed by atoms with Crippen molar-refractivity contribution in [3.05, 3.63) is 0 Å². The van der Waals surface area contributed by atoms with Crippen LogP contribution in [0.5, 0.6) is 0 Å². The molecule has 1 aliphatic rings. The van der Waals surface area contributed by atoms with E-state index >= 15 is 0 Å². The highest BCUT2D eigenvalue weighted by atomic mass is 127. The summed E-state index contributed by atoms with van der Waals surface area (Å²) in [5.74, 6) is -1.34. The Morgan fingerprint density at radius 3 is 2.38 bits per heavy atom. The van der Waals surface area contributed by atoms with E-state index in [1.54, 1.807) is 22.6 Å². The van der Waals surface area contributed by atoms with Gasteiger partial charge in [-0.3, -0.25) is 9.59 Å². The van der Waals surface area contributed by atoms with E-state index in [9.17, 15) is 19.5 Å². The summed E-state index contributed by atoms with van der Waals surface area (Å²) in [6.45, 7) is 5.75. The molecule has 1 N–H and O–H groups in total. The zero-order valence-corrected chi connectivity index (χ0v) is 14.9. The molecule has 0 aromatic carbocycles. The molecule has 7 heteroatoms. The first-order valence-electron chi connectivity index (χ1n) is 6.82. The van der Waals surface area contributed by atoms with Crippen molar-refractivity contribution < 1.29 is 24.2 Å². The van der Waals surface area contributed by atoms with Gasteiger partial charge in [-0.05, 0) is 28.0 Å². The number of aliphatic hydroxyl groups excluding tert-OH is 1. The average Bonchev–Trinajstić information content (AvgIpc) is 2.74. The van der Waals surface area contributed by atoms with Gasteiger partial charge in [-0.2, -0.15) is 0 Å². The lowest BCUT2D eigenvalue weighted by Crippen LogP contribution is -2.47. The maximum Gasteiger partial charge on any atom is 0.328 e. The number of carbonyl (C=O) groups is 3. The van der Waals surface area contributed by atoms with E-state index in [1.807, 2.05) is 20.8 Å². The van der Waals surface area contributed by atoms with Gasteiger partial charge in [-0.25, -0.2) is 4.79 Å². The highest BCUT2D eigenvalue weighted by Gasteiger charge is 2.44. The van der Waals surface area contributed by atoms with E-state index in [0.29, 0.717) is 0 Å². The second kappa shape index (κ2) is 7.04. The van der Waals surface area contributed by atoms with Crippen LogP contribution in [0.2, 0.25) is 0 Å². The van der Waals surface area contributed by atoms with Crippen molar-refractivity contribution in [1.29, 1.82) is 0 Å². The summed E-state index contributed by atoms with van der Waals surface area (Å²) in [4.78, 5) is 37.3. The van der Waals surface area contributed by atoms with Gasteiger partial charge < -0.3 is 14.7 Å². The first-order chi connectivity index (χ1) is 9.57. The van der Waals surface area contributed by atoms with Crippen molar-refractivity contribution in [2.75, 3.05) is 13.7 Å². The van der Waals surface area contributed by atoms with Gasteiger partial charge in [0.25, 0.3) is 0 Å². The summed E-state index contributed by atoms with van der Waals surface area (Å²) in [7, 11) is 1.26. The Hall–Kier alpha value is -0.700. The predicted molar refractivity (Wildman–Crippen MR) is 84.7 cm³/mol. The third kappa shape index (κ3) is 4.64. The minimum atomic E-state index is -0.772. The number of halogens is 1. The Labute approximate surface area is 138 Å². The number of likely N-dealkylation sites (tertiary alicyclic amines) is 1. The predicted octanol–water partition coefficient (Wildman–Crippen LogP) is 1.14. The molecule has 1 saturated heterocycles. The third-order valence-electron chi connectivity index (χ3n) is 3.74. The number of ether oxygens (including phenoxy) is 1. The number of aliphatic hydroxyl groups is 1. The normalized spacial score (nSPS) is 23.8. The summed E-state index contributed by atoms with van der Waals surface area (Å²) < 4.78 is 4.60. The van der Waals surface area contributed by atoms with Crippen LogP contribution in [-0.4, -0.2) is 51.5 Å². The number of β-amino-alcohol motifs (C(OH)–C–C–N with tert-alkyl or cyclic N) is 1. The summed E-state index contributed by atoms with van der Waals surface area (Å²) in [6, 6.07) is -0.772. The van der Waals surface area contributed by atoms with Crippen molar-refractivity contribution in [3.63, 3.8) is 0 Å². The van der Waals surface area contributed by atoms with Crippen LogP contribution in [0.1, 0.15) is 33.6 Å². The van der Waals surface area contributed by atoms with Gasteiger partial charge in [0.05, 0.1) is 19.1 Å². The summed E-state index contributed by atoms with van der Waals surface area (Å²) >= 11 is 1.67. The molecule has 120 valence electrons. The van der Waals surface area contributed by atoms with Crippen LogP contribution in [-0.2, 0) is 19.1 Å². The fourth-order valence-electron chi connectivity index (χ4n) is 2.54. The minimum Gasteiger partial charge on any atom is -0.467 e. The van der Waals surface area contributed by atoms with Crippen molar-refractivity contribution in [2.24, 2.45) is 11.3 Å². The van der Waals surface area contributed by atoms with Gasteiger partial charge in [0.2, 0.25) is 5.91 Å². The fourth-order valence-corrected chi connectivity index (χ4v) is 2.98. The molecule has 21 heavy (non-hydrogen) atoms. The van der Waals surface area contributed by atoms with Crippen LogP contribution in [0.3, 0.4) is 0 Å². The van der Waals surface area contributed by atoms with Gasteiger partial charge in [0, 0.05) is 19.4 Å². The Bertz CT molecular complexity index is 432. The van der Waals surface area contributed by atoms with Gasteiger partial charge in [0.15, 0.2) is 3.79 Å². The van der Waals surface area contributed by atoms with E-state index < -0.39 is 29.4 Å². The molecule has 1 fully saturated rings. The minimum absolute atomic E-state index is 0.0978. The maximum atomic E-state index is 12.8. The molecule has 0 unspecified atom stereocenters. The molecular formula is C14H22INO5. The monoisotopic (exact) mass is 411 g/mol. The first kappa shape index (κ1) is 18.3. The number of hydrogen-bond acceptors (Lipinski definition) is 5. The molecule has 0 radical (unpaired) electrons. The fraction of sp³-hybridized carbons (Fsp3) is 0.786. The van der Waals surface area contributed by atoms with Crippen molar-refractivity contribution in [2.45, 2.75) is 45.8 Å². The van der Waals surface area contributed by atoms with Crippen LogP contribution in [0.4, 0.5) is 0 Å². The van der Waals surface area contributed by atoms with Crippen LogP contribution in [0.25, 0.3) is 0 Å². The Kier molecular flexibility index (Phi) is 6.15. The van der Waals surface area contributed by atoms with E-state index in [0.717, 1.165) is 0 Å². The number of esters is 1. The molecule has 0 aliphatic carbocycles. The molecular weight excluding hydrogens is 389 g/mol. The Morgan fingerprint density at radius 1 is 1.38 bits per heavy atom. The SMILES string of the molecule is COC(=O)[C@@H]1C[C@@H](O)CN1C(=O)[C@@H](CC(=O)I)C(C)(C)C. The zero-order chi connectivity index (χ0) is 16.4. The molecule has 1 aliphatic heterocycles. The van der Waals surface area contributed by atoms with Crippen LogP contribution in [0.15, 0.2) is 0 Å². The van der Waals surface area contributed by atoms with Crippen molar-refractivity contribution in [1.82, 2.24) is 4.90 Å². The average molecular weight is 411 g/mol. The second-order valence-corrected chi connectivity index (χ2v) is 7.60. The zero-order valence-electron chi connectivity index (χ0n) is 12.8. The number of rotatable bonds is 4. The van der Waals surface area contributed by atoms with Gasteiger partial charge >= 0.3 is 5.97 Å². The first-order valence-corrected chi connectivity index (χ1v) is 7.90. The second-order valence-electron chi connectivity index (χ2n) is 6.40. The number of amides is 1. The molecule has 0 saturated carbocycles. The van der Waals surface area contributed by atoms with Gasteiger partial charge in [0.1, 0.15) is 6.04 Å². The van der Waals surface area contributed by atoms with Crippen LogP contribution in [0, 0.1) is 11.3 Å². The molecule has 1 amide bonds. The molecule has 1 rings (SSSR count). The smallest absolute Gasteiger partial charge is 0.328 e. The standard InChI is InChI=1S/C14H22INO5/c1-14(2,3)9(6-11(15)18)12(19)16-7-8(17)5-10(16)13(20)21-4/h8-10,17H,5-7H2,1-4H3/t8-,9-,10+/m1/s1. The number of nitrogens with zero attached hydrogens (tertiary/aromatic N) is 1. The van der Waals surface area contributed by atoms with Gasteiger partial charge in [-0.1, -0.05) is 20.8 Å². The van der Waals surface area contributed by atoms with E-state index in [2.05, 4.69) is 0 Å². The summed E-state index contributed by atoms with van der Waals surface area (Å²) in [5, 5.41) is 9.76. The van der Waals surface area contributed by atoms with E-state index in [4.69, 9.17) is 4.74 Å². The molecule has 0 aromatic rings. The lowest BCUT2D eigenvalue weighted by atomic mass is 9.78. The number of methoxy groups -OCH3 is 1. The lowest BCUT2D eigenvalue weighted by Gasteiger charge is -2.34. The Morgan fingerprint density at radius 2 is 1.95 bits per heavy atom. The quantitative estimate of drug-likeness (QED) is 0.426. The molecule has 6 nitrogen and oxygen atoms in total. The molecule has 0 aromatic heterocycles. The van der Waals surface area contributed by atoms with E-state index in [-0.39, 0.29) is 29.1 Å². The summed E-state index contributed by atoms with van der Waals surface area (Å²) in [6.07, 6.45) is -0.453. The third-order valence-corrected chi connectivity index (χ3v) is 4.18. The van der Waals surface area contributed by atoms with Gasteiger partial charge in [-0.15, -0.1) is 0 Å². The molecule has 3 atom stereocenters. The van der Waals surface area contributed by atoms with Crippen molar-refractivity contribution in [3.8, 4) is 0 Å². The number of carbonyl (C=O) groups excluding carboxylic acids is 3. The largest absolute Gasteiger partial charge is 0.467 e. The lowest BCUT2D eigenvalue weighted by molar-refractivity contribution is -0.154. The van der Waals surface area contributed by atoms with Crippen LogP contribution >= 0.6 is 22.6 Å². The Balaban J connectivity index is 3.01. The highest BCUT2D eigenvalue weighted by molar-refractivity contribution is 14.1. The highest BCUT2D eigenvalue weighted by Crippen LogP contribution is 2.34. The van der Waals surface area contributed by atoms with Crippen molar-refractivity contribution >= 4 is 38.3 Å². The molecule has 0 spiro atoms. The summed E-state index contributed by atoms with van der Waals surface area (Å²) in [5.41, 5.74) is -0.411. The topological polar surface area (TPSA) is 83.9 Å². The molecule has 0 bridgehead atoms.